The Morgan fingerprint density at radius 1 is 1.23 bits per heavy atom. The summed E-state index contributed by atoms with van der Waals surface area (Å²) in [6.45, 7) is 1.02. The smallest absolute Gasteiger partial charge is 0.360 e. The number of nitrogens with one attached hydrogen (secondary N) is 1. The van der Waals surface area contributed by atoms with Gasteiger partial charge in [0.1, 0.15) is 11.6 Å². The van der Waals surface area contributed by atoms with Crippen molar-refractivity contribution in [1.29, 1.82) is 0 Å². The Bertz CT molecular complexity index is 1070. The van der Waals surface area contributed by atoms with E-state index in [1.54, 1.807) is 6.92 Å². The minimum Gasteiger partial charge on any atom is -0.360 e. The highest BCUT2D eigenvalue weighted by molar-refractivity contribution is 5.98. The number of aryl methyl sites for hydroxylation is 1. The highest BCUT2D eigenvalue weighted by atomic mass is 19.4. The minimum absolute atomic E-state index is 0.0941. The van der Waals surface area contributed by atoms with Crippen LogP contribution < -0.4 is 5.32 Å². The van der Waals surface area contributed by atoms with Crippen LogP contribution in [0, 0.1) is 12.7 Å². The van der Waals surface area contributed by atoms with Gasteiger partial charge in [-0.05, 0) is 31.2 Å². The predicted octanol–water partition coefficient (Wildman–Crippen LogP) is 2.43. The molecule has 1 N–H and O–H groups in total. The van der Waals surface area contributed by atoms with Gasteiger partial charge in [-0.3, -0.25) is 9.59 Å². The first kappa shape index (κ1) is 21.0. The number of nitrogens with zero attached hydrogens (tertiary/aromatic N) is 5. The average molecular weight is 426 g/mol. The van der Waals surface area contributed by atoms with E-state index in [0.717, 1.165) is 36.2 Å². The summed E-state index contributed by atoms with van der Waals surface area (Å²) >= 11 is 0. The van der Waals surface area contributed by atoms with Crippen molar-refractivity contribution >= 4 is 17.6 Å². The van der Waals surface area contributed by atoms with Gasteiger partial charge >= 0.3 is 6.18 Å². The number of alkyl halides is 3. The zero-order valence-electron chi connectivity index (χ0n) is 15.6. The molecule has 0 unspecified atom stereocenters. The average Bonchev–Trinajstić information content (AvgIpc) is 3.27. The summed E-state index contributed by atoms with van der Waals surface area (Å²) in [5.41, 5.74) is -2.59. The summed E-state index contributed by atoms with van der Waals surface area (Å²) in [7, 11) is 1.13. The van der Waals surface area contributed by atoms with Gasteiger partial charge in [0.15, 0.2) is 17.2 Å². The highest BCUT2D eigenvalue weighted by Gasteiger charge is 2.42. The molecule has 0 saturated heterocycles. The number of halogens is 4. The van der Waals surface area contributed by atoms with Crippen molar-refractivity contribution in [2.45, 2.75) is 13.1 Å². The van der Waals surface area contributed by atoms with Crippen LogP contribution in [0.4, 0.5) is 23.4 Å². The second-order valence-corrected chi connectivity index (χ2v) is 6.20. The van der Waals surface area contributed by atoms with Gasteiger partial charge in [0.05, 0.1) is 12.2 Å². The first-order valence-electron chi connectivity index (χ1n) is 8.33. The van der Waals surface area contributed by atoms with Crippen molar-refractivity contribution in [2.24, 2.45) is 0 Å². The Hall–Kier alpha value is -3.77. The van der Waals surface area contributed by atoms with Crippen molar-refractivity contribution in [3.05, 3.63) is 53.3 Å². The van der Waals surface area contributed by atoms with E-state index in [-0.39, 0.29) is 11.5 Å². The van der Waals surface area contributed by atoms with Gasteiger partial charge in [-0.25, -0.2) is 9.07 Å². The normalized spacial score (nSPS) is 11.4. The summed E-state index contributed by atoms with van der Waals surface area (Å²) < 4.78 is 59.2. The zero-order chi connectivity index (χ0) is 22.1. The number of hydrogen-bond acceptors (Lipinski definition) is 6. The molecule has 0 saturated carbocycles. The van der Waals surface area contributed by atoms with Gasteiger partial charge in [0, 0.05) is 13.1 Å². The van der Waals surface area contributed by atoms with Gasteiger partial charge in [0.2, 0.25) is 5.91 Å². The van der Waals surface area contributed by atoms with Crippen LogP contribution in [0.3, 0.4) is 0 Å². The van der Waals surface area contributed by atoms with Crippen LogP contribution in [0.15, 0.2) is 34.9 Å². The van der Waals surface area contributed by atoms with E-state index in [9.17, 15) is 27.2 Å². The lowest BCUT2D eigenvalue weighted by Gasteiger charge is -2.16. The van der Waals surface area contributed by atoms with E-state index in [2.05, 4.69) is 20.8 Å². The Labute approximate surface area is 166 Å². The van der Waals surface area contributed by atoms with Crippen LogP contribution >= 0.6 is 0 Å². The summed E-state index contributed by atoms with van der Waals surface area (Å²) in [6, 6.07) is 5.44. The Kier molecular flexibility index (Phi) is 5.54. The number of likely N-dealkylation sites (N-methyl/N-ethyl adjacent to an activating group) is 1. The molecule has 30 heavy (non-hydrogen) atoms. The lowest BCUT2D eigenvalue weighted by molar-refractivity contribution is -0.143. The Morgan fingerprint density at radius 3 is 2.47 bits per heavy atom. The molecule has 0 atom stereocenters. The van der Waals surface area contributed by atoms with Crippen molar-refractivity contribution < 1.29 is 31.7 Å². The predicted molar refractivity (Wildman–Crippen MR) is 93.1 cm³/mol. The number of benzene rings is 1. The molecule has 9 nitrogen and oxygen atoms in total. The third-order valence-electron chi connectivity index (χ3n) is 3.84. The molecule has 2 amide bonds. The summed E-state index contributed by atoms with van der Waals surface area (Å²) in [4.78, 5) is 25.3. The Morgan fingerprint density at radius 2 is 1.90 bits per heavy atom. The van der Waals surface area contributed by atoms with E-state index in [1.807, 2.05) is 0 Å². The highest BCUT2D eigenvalue weighted by Crippen LogP contribution is 2.33. The molecular formula is C17H14F4N6O3. The van der Waals surface area contributed by atoms with Gasteiger partial charge in [-0.15, -0.1) is 5.10 Å². The first-order chi connectivity index (χ1) is 14.1. The van der Waals surface area contributed by atoms with Crippen LogP contribution in [0.5, 0.6) is 0 Å². The fourth-order valence-electron chi connectivity index (χ4n) is 2.52. The third kappa shape index (κ3) is 4.45. The van der Waals surface area contributed by atoms with Crippen LogP contribution in [0.25, 0.3) is 5.69 Å². The zero-order valence-corrected chi connectivity index (χ0v) is 15.6. The number of carbonyl (C=O) groups is 2. The largest absolute Gasteiger partial charge is 0.435 e. The van der Waals surface area contributed by atoms with Crippen molar-refractivity contribution in [1.82, 2.24) is 25.1 Å². The monoisotopic (exact) mass is 426 g/mol. The number of carbonyl (C=O) groups excluding carboxylic acids is 2. The molecule has 0 radical (unpaired) electrons. The third-order valence-corrected chi connectivity index (χ3v) is 3.84. The van der Waals surface area contributed by atoms with E-state index in [1.165, 1.54) is 6.07 Å². The first-order valence-corrected chi connectivity index (χ1v) is 8.33. The second-order valence-electron chi connectivity index (χ2n) is 6.20. The molecular weight excluding hydrogens is 412 g/mol. The Balaban J connectivity index is 1.84. The van der Waals surface area contributed by atoms with Crippen LogP contribution in [-0.4, -0.2) is 50.5 Å². The fourth-order valence-corrected chi connectivity index (χ4v) is 2.52. The molecule has 0 aliphatic carbocycles. The lowest BCUT2D eigenvalue weighted by atomic mass is 10.2. The van der Waals surface area contributed by atoms with Crippen molar-refractivity contribution in [3.8, 4) is 5.69 Å². The lowest BCUT2D eigenvalue weighted by Crippen LogP contribution is -2.36. The maximum absolute atomic E-state index is 13.6. The van der Waals surface area contributed by atoms with E-state index >= 15 is 0 Å². The van der Waals surface area contributed by atoms with E-state index < -0.39 is 41.7 Å². The quantitative estimate of drug-likeness (QED) is 0.629. The fraction of sp³-hybridized carbons (Fsp3) is 0.235. The molecule has 13 heteroatoms. The number of anilines is 1. The maximum Gasteiger partial charge on any atom is 0.435 e. The van der Waals surface area contributed by atoms with E-state index in [0.29, 0.717) is 10.4 Å². The summed E-state index contributed by atoms with van der Waals surface area (Å²) in [5, 5.41) is 12.6. The summed E-state index contributed by atoms with van der Waals surface area (Å²) in [5.74, 6) is -2.02. The molecule has 158 valence electrons. The van der Waals surface area contributed by atoms with Crippen LogP contribution in [0.2, 0.25) is 0 Å². The summed E-state index contributed by atoms with van der Waals surface area (Å²) in [6.07, 6.45) is -5.00. The van der Waals surface area contributed by atoms with Gasteiger partial charge < -0.3 is 14.7 Å². The number of aromatic nitrogens is 4. The van der Waals surface area contributed by atoms with Crippen molar-refractivity contribution in [2.75, 3.05) is 18.9 Å². The SMILES string of the molecule is Cc1cc(NC(=O)CN(C)C(=O)c2nnn(-c3ccc(F)cc3)c2C(F)(F)F)no1. The van der Waals surface area contributed by atoms with Gasteiger partial charge in [0.25, 0.3) is 5.91 Å². The second kappa shape index (κ2) is 7.93. The molecule has 0 bridgehead atoms. The minimum atomic E-state index is -5.00. The van der Waals surface area contributed by atoms with E-state index in [4.69, 9.17) is 4.52 Å². The molecule has 3 aromatic rings. The molecule has 0 spiro atoms. The molecule has 2 aromatic heterocycles. The standard InChI is InChI=1S/C17H14F4N6O3/c1-9-7-12(24-30-9)22-13(28)8-26(2)16(29)14-15(17(19,20)21)27(25-23-14)11-5-3-10(18)4-6-11/h3-7H,8H2,1-2H3,(H,22,24,28). The number of amides is 2. The number of rotatable bonds is 5. The molecule has 0 fully saturated rings. The van der Waals surface area contributed by atoms with Crippen LogP contribution in [0.1, 0.15) is 21.9 Å². The molecule has 0 aliphatic heterocycles. The molecule has 2 heterocycles. The molecule has 3 rings (SSSR count). The topological polar surface area (TPSA) is 106 Å². The molecule has 1 aromatic carbocycles. The van der Waals surface area contributed by atoms with Crippen LogP contribution in [-0.2, 0) is 11.0 Å². The number of hydrogen-bond donors (Lipinski definition) is 1. The van der Waals surface area contributed by atoms with Gasteiger partial charge in [-0.2, -0.15) is 13.2 Å². The molecule has 0 aliphatic rings. The maximum atomic E-state index is 13.6. The van der Waals surface area contributed by atoms with Crippen molar-refractivity contribution in [3.63, 3.8) is 0 Å². The van der Waals surface area contributed by atoms with Gasteiger partial charge in [-0.1, -0.05) is 10.4 Å².